The summed E-state index contributed by atoms with van der Waals surface area (Å²) in [7, 11) is 0. The van der Waals surface area contributed by atoms with Gasteiger partial charge in [-0.2, -0.15) is 0 Å². The summed E-state index contributed by atoms with van der Waals surface area (Å²) in [5.74, 6) is -7.67. The largest absolute Gasteiger partial charge is 0.508 e. The van der Waals surface area contributed by atoms with Crippen molar-refractivity contribution in [3.05, 3.63) is 29.8 Å². The van der Waals surface area contributed by atoms with Gasteiger partial charge in [0.1, 0.15) is 29.9 Å². The van der Waals surface area contributed by atoms with E-state index in [1.807, 2.05) is 0 Å². The number of rotatable bonds is 11. The minimum Gasteiger partial charge on any atom is -0.508 e. The van der Waals surface area contributed by atoms with E-state index < -0.39 is 91.4 Å². The van der Waals surface area contributed by atoms with Gasteiger partial charge in [-0.3, -0.25) is 38.6 Å². The van der Waals surface area contributed by atoms with E-state index in [-0.39, 0.29) is 37.5 Å². The van der Waals surface area contributed by atoms with Gasteiger partial charge in [-0.1, -0.05) is 12.1 Å². The molecule has 0 spiro atoms. The molecule has 0 bridgehead atoms. The summed E-state index contributed by atoms with van der Waals surface area (Å²) in [6, 6.07) is -0.285. The molecule has 0 unspecified atom stereocenters. The molecule has 1 aliphatic heterocycles. The fraction of sp³-hybridized carbons (Fsp3) is 0.462. The summed E-state index contributed by atoms with van der Waals surface area (Å²) in [5.41, 5.74) is 11.1. The number of nitrogens with zero attached hydrogens (tertiary/aromatic N) is 1. The van der Waals surface area contributed by atoms with Gasteiger partial charge < -0.3 is 53.4 Å². The highest BCUT2D eigenvalue weighted by Gasteiger charge is 2.33. The Morgan fingerprint density at radius 1 is 0.773 bits per heavy atom. The molecule has 12 N–H and O–H groups in total. The fourth-order valence-electron chi connectivity index (χ4n) is 4.12. The first-order valence-corrected chi connectivity index (χ1v) is 13.5. The van der Waals surface area contributed by atoms with E-state index in [1.165, 1.54) is 24.3 Å². The molecule has 1 fully saturated rings. The Bertz CT molecular complexity index is 1270. The van der Waals surface area contributed by atoms with Crippen LogP contribution in [-0.2, 0) is 40.0 Å². The Hall–Kier alpha value is -5.42. The number of carboxylic acids is 2. The van der Waals surface area contributed by atoms with E-state index >= 15 is 0 Å². The van der Waals surface area contributed by atoms with Crippen molar-refractivity contribution in [1.29, 1.82) is 0 Å². The number of hydrogen-bond acceptors (Lipinski definition) is 9. The normalized spacial score (nSPS) is 21.7. The van der Waals surface area contributed by atoms with Crippen LogP contribution < -0.4 is 38.1 Å². The molecule has 1 aliphatic rings. The first-order valence-electron chi connectivity index (χ1n) is 13.5. The number of aliphatic carboxylic acids is 2. The van der Waals surface area contributed by atoms with Crippen molar-refractivity contribution in [2.45, 2.75) is 62.7 Å². The Labute approximate surface area is 251 Å². The quantitative estimate of drug-likeness (QED) is 0.0652. The molecule has 44 heavy (non-hydrogen) atoms. The van der Waals surface area contributed by atoms with Gasteiger partial charge >= 0.3 is 11.9 Å². The lowest BCUT2D eigenvalue weighted by atomic mass is 10.0. The predicted molar refractivity (Wildman–Crippen MR) is 152 cm³/mol. The lowest BCUT2D eigenvalue weighted by Crippen LogP contribution is -2.58. The van der Waals surface area contributed by atoms with Crippen LogP contribution in [0.5, 0.6) is 5.75 Å². The second-order valence-electron chi connectivity index (χ2n) is 9.87. The summed E-state index contributed by atoms with van der Waals surface area (Å²) in [6.45, 7) is -0.607. The van der Waals surface area contributed by atoms with E-state index in [4.69, 9.17) is 11.5 Å². The maximum absolute atomic E-state index is 13.5. The first-order chi connectivity index (χ1) is 20.7. The standard InChI is InChI=1S/C26H36N8O10/c27-26(28)29-9-1-2-15-22(41)30-12-19(36)31-18(11-21(39)40)25(44)34-17(10-13-3-5-14(35)6-4-13)24(43)33-16(23(42)32-15)7-8-20(37)38/h3-6,15-18,35H,1-2,7-12H2,(H,30,41)(H,31,36)(H,32,42)(H,33,43)(H,34,44)(H,37,38)(H,39,40)(H4,27,28,29)/t15-,16-,17+,18-/m0/s1. The zero-order valence-electron chi connectivity index (χ0n) is 23.6. The molecule has 1 heterocycles. The molecule has 0 aliphatic carbocycles. The number of carbonyl (C=O) groups is 7. The molecule has 1 saturated heterocycles. The van der Waals surface area contributed by atoms with Crippen LogP contribution in [0.1, 0.15) is 37.7 Å². The van der Waals surface area contributed by atoms with E-state index in [2.05, 4.69) is 31.6 Å². The van der Waals surface area contributed by atoms with Gasteiger partial charge in [-0.25, -0.2) is 0 Å². The lowest BCUT2D eigenvalue weighted by Gasteiger charge is -2.25. The van der Waals surface area contributed by atoms with Gasteiger partial charge in [-0.15, -0.1) is 0 Å². The summed E-state index contributed by atoms with van der Waals surface area (Å²) < 4.78 is 0. The Kier molecular flexibility index (Phi) is 13.3. The number of carboxylic acid groups (broad SMARTS) is 2. The molecule has 0 saturated carbocycles. The van der Waals surface area contributed by atoms with Crippen molar-refractivity contribution in [1.82, 2.24) is 26.6 Å². The topological polar surface area (TPSA) is 305 Å². The minimum absolute atomic E-state index is 0.0271. The van der Waals surface area contributed by atoms with Crippen molar-refractivity contribution in [3.63, 3.8) is 0 Å². The number of aliphatic imine (C=N–C) groups is 1. The molecule has 0 aromatic heterocycles. The molecular formula is C26H36N8O10. The van der Waals surface area contributed by atoms with Gasteiger partial charge in [0.15, 0.2) is 5.96 Å². The summed E-state index contributed by atoms with van der Waals surface area (Å²) in [6.07, 6.45) is -1.84. The summed E-state index contributed by atoms with van der Waals surface area (Å²) >= 11 is 0. The third-order valence-corrected chi connectivity index (χ3v) is 6.32. The summed E-state index contributed by atoms with van der Waals surface area (Å²) in [5, 5.41) is 39.9. The molecule has 18 heteroatoms. The van der Waals surface area contributed by atoms with Gasteiger partial charge in [-0.05, 0) is 37.0 Å². The SMILES string of the molecule is NC(N)=NCCC[C@@H]1NC(=O)[C@H](CCC(=O)O)NC(=O)[C@@H](Cc2ccc(O)cc2)NC(=O)[C@H](CC(=O)O)NC(=O)CNC1=O. The highest BCUT2D eigenvalue weighted by atomic mass is 16.4. The van der Waals surface area contributed by atoms with E-state index in [1.54, 1.807) is 0 Å². The van der Waals surface area contributed by atoms with Crippen molar-refractivity contribution >= 4 is 47.4 Å². The molecule has 4 atom stereocenters. The van der Waals surface area contributed by atoms with Crippen LogP contribution in [0, 0.1) is 0 Å². The molecule has 2 rings (SSSR count). The number of nitrogens with two attached hydrogens (primary N) is 2. The second kappa shape index (κ2) is 16.9. The van der Waals surface area contributed by atoms with Crippen molar-refractivity contribution in [2.24, 2.45) is 16.5 Å². The monoisotopic (exact) mass is 620 g/mol. The summed E-state index contributed by atoms with van der Waals surface area (Å²) in [4.78, 5) is 92.0. The molecule has 1 aromatic rings. The number of phenolic OH excluding ortho intramolecular Hbond substituents is 1. The lowest BCUT2D eigenvalue weighted by molar-refractivity contribution is -0.141. The van der Waals surface area contributed by atoms with Gasteiger partial charge in [0.2, 0.25) is 29.5 Å². The fourth-order valence-corrected chi connectivity index (χ4v) is 4.12. The van der Waals surface area contributed by atoms with Crippen LogP contribution in [0.15, 0.2) is 29.3 Å². The van der Waals surface area contributed by atoms with E-state index in [0.29, 0.717) is 5.56 Å². The highest BCUT2D eigenvalue weighted by Crippen LogP contribution is 2.13. The third kappa shape index (κ3) is 12.2. The average Bonchev–Trinajstić information content (AvgIpc) is 2.94. The van der Waals surface area contributed by atoms with Gasteiger partial charge in [0, 0.05) is 19.4 Å². The van der Waals surface area contributed by atoms with Crippen LogP contribution in [0.25, 0.3) is 0 Å². The van der Waals surface area contributed by atoms with Crippen LogP contribution in [0.3, 0.4) is 0 Å². The van der Waals surface area contributed by atoms with Crippen molar-refractivity contribution in [2.75, 3.05) is 13.1 Å². The van der Waals surface area contributed by atoms with Crippen molar-refractivity contribution < 1.29 is 48.9 Å². The number of amides is 5. The number of nitrogens with one attached hydrogen (secondary N) is 5. The van der Waals surface area contributed by atoms with Gasteiger partial charge in [0.05, 0.1) is 13.0 Å². The molecule has 18 nitrogen and oxygen atoms in total. The maximum atomic E-state index is 13.5. The van der Waals surface area contributed by atoms with Crippen LogP contribution >= 0.6 is 0 Å². The number of aromatic hydroxyl groups is 1. The zero-order chi connectivity index (χ0) is 32.8. The number of carbonyl (C=O) groups excluding carboxylic acids is 5. The highest BCUT2D eigenvalue weighted by molar-refractivity contribution is 5.98. The number of phenols is 1. The van der Waals surface area contributed by atoms with Crippen LogP contribution in [-0.4, -0.2) is 100 Å². The Balaban J connectivity index is 2.47. The maximum Gasteiger partial charge on any atom is 0.305 e. The Morgan fingerprint density at radius 2 is 1.34 bits per heavy atom. The minimum atomic E-state index is -1.66. The molecule has 0 radical (unpaired) electrons. The average molecular weight is 621 g/mol. The van der Waals surface area contributed by atoms with Crippen LogP contribution in [0.2, 0.25) is 0 Å². The molecule has 240 valence electrons. The zero-order valence-corrected chi connectivity index (χ0v) is 23.6. The van der Waals surface area contributed by atoms with Crippen LogP contribution in [0.4, 0.5) is 0 Å². The van der Waals surface area contributed by atoms with Crippen molar-refractivity contribution in [3.8, 4) is 5.75 Å². The first kappa shape index (κ1) is 34.8. The second-order valence-corrected chi connectivity index (χ2v) is 9.87. The predicted octanol–water partition coefficient (Wildman–Crippen LogP) is -3.60. The number of hydrogen-bond donors (Lipinski definition) is 10. The number of benzene rings is 1. The third-order valence-electron chi connectivity index (χ3n) is 6.32. The Morgan fingerprint density at radius 3 is 1.93 bits per heavy atom. The van der Waals surface area contributed by atoms with E-state index in [9.17, 15) is 48.9 Å². The number of guanidine groups is 1. The molecule has 5 amide bonds. The molecule has 1 aromatic carbocycles. The molecular weight excluding hydrogens is 584 g/mol. The van der Waals surface area contributed by atoms with E-state index in [0.717, 1.165) is 0 Å². The smallest absolute Gasteiger partial charge is 0.305 e. The van der Waals surface area contributed by atoms with Gasteiger partial charge in [0.25, 0.3) is 0 Å².